The molecule has 0 amide bonds. The average Bonchev–Trinajstić information content (AvgIpc) is 2.72. The molecule has 0 saturated carbocycles. The highest BCUT2D eigenvalue weighted by Crippen LogP contribution is 2.31. The van der Waals surface area contributed by atoms with E-state index in [2.05, 4.69) is 17.6 Å². The summed E-state index contributed by atoms with van der Waals surface area (Å²) in [7, 11) is 0. The van der Waals surface area contributed by atoms with Gasteiger partial charge in [0.2, 0.25) is 0 Å². The van der Waals surface area contributed by atoms with E-state index in [0.29, 0.717) is 10.8 Å². The number of hydrogen-bond donors (Lipinski definition) is 3. The molecule has 4 nitrogen and oxygen atoms in total. The molecule has 0 spiro atoms. The summed E-state index contributed by atoms with van der Waals surface area (Å²) < 4.78 is 0.942. The Balaban J connectivity index is 2.53. The number of hydrogen-bond acceptors (Lipinski definition) is 5. The Hall–Kier alpha value is -1.11. The molecule has 3 N–H and O–H groups in total. The molecule has 0 bridgehead atoms. The first-order valence-corrected chi connectivity index (χ1v) is 6.52. The molecule has 2 aromatic rings. The van der Waals surface area contributed by atoms with Crippen LogP contribution in [0.15, 0.2) is 24.3 Å². The summed E-state index contributed by atoms with van der Waals surface area (Å²) in [5, 5.41) is 9.68. The quantitative estimate of drug-likeness (QED) is 0.740. The number of nitrogens with two attached hydrogens (primary N) is 1. The molecule has 0 fully saturated rings. The van der Waals surface area contributed by atoms with Crippen LogP contribution in [0, 0.1) is 0 Å². The van der Waals surface area contributed by atoms with Crippen molar-refractivity contribution in [3.05, 3.63) is 29.3 Å². The van der Waals surface area contributed by atoms with Crippen molar-refractivity contribution in [1.29, 1.82) is 0 Å². The largest absolute Gasteiger partial charge is 0.480 e. The monoisotopic (exact) mass is 268 g/mol. The SMILES string of the molecule is NC(CCS)(C(=O)O)c1nc2ccccc2s1. The van der Waals surface area contributed by atoms with Gasteiger partial charge in [0, 0.05) is 0 Å². The van der Waals surface area contributed by atoms with Gasteiger partial charge in [0.25, 0.3) is 0 Å². The van der Waals surface area contributed by atoms with Crippen molar-refractivity contribution < 1.29 is 9.90 Å². The third-order valence-electron chi connectivity index (χ3n) is 2.56. The van der Waals surface area contributed by atoms with E-state index in [1.54, 1.807) is 0 Å². The Bertz CT molecular complexity index is 522. The van der Waals surface area contributed by atoms with Crippen LogP contribution in [0.5, 0.6) is 0 Å². The maximum atomic E-state index is 11.3. The second-order valence-electron chi connectivity index (χ2n) is 3.74. The van der Waals surface area contributed by atoms with E-state index in [0.717, 1.165) is 10.2 Å². The van der Waals surface area contributed by atoms with Crippen LogP contribution < -0.4 is 5.73 Å². The molecule has 0 aliphatic heterocycles. The van der Waals surface area contributed by atoms with Crippen molar-refractivity contribution in [3.63, 3.8) is 0 Å². The van der Waals surface area contributed by atoms with Gasteiger partial charge in [-0.15, -0.1) is 11.3 Å². The molecular weight excluding hydrogens is 256 g/mol. The zero-order valence-electron chi connectivity index (χ0n) is 8.96. The number of carbonyl (C=O) groups is 1. The van der Waals surface area contributed by atoms with Gasteiger partial charge in [-0.25, -0.2) is 9.78 Å². The van der Waals surface area contributed by atoms with Gasteiger partial charge in [-0.1, -0.05) is 12.1 Å². The maximum Gasteiger partial charge on any atom is 0.330 e. The van der Waals surface area contributed by atoms with E-state index in [9.17, 15) is 9.90 Å². The van der Waals surface area contributed by atoms with Crippen molar-refractivity contribution in [2.24, 2.45) is 5.73 Å². The molecule has 1 atom stereocenters. The second-order valence-corrected chi connectivity index (χ2v) is 5.21. The summed E-state index contributed by atoms with van der Waals surface area (Å²) in [5.41, 5.74) is 5.28. The minimum atomic E-state index is -1.44. The number of carboxylic acids is 1. The predicted molar refractivity (Wildman–Crippen MR) is 71.6 cm³/mol. The van der Waals surface area contributed by atoms with Crippen molar-refractivity contribution in [2.45, 2.75) is 12.0 Å². The fourth-order valence-electron chi connectivity index (χ4n) is 1.54. The van der Waals surface area contributed by atoms with Crippen LogP contribution in [-0.4, -0.2) is 21.8 Å². The Morgan fingerprint density at radius 2 is 2.24 bits per heavy atom. The minimum absolute atomic E-state index is 0.255. The highest BCUT2D eigenvalue weighted by Gasteiger charge is 2.38. The Morgan fingerprint density at radius 1 is 1.53 bits per heavy atom. The summed E-state index contributed by atoms with van der Waals surface area (Å²) in [6, 6.07) is 7.50. The molecule has 90 valence electrons. The molecule has 2 rings (SSSR count). The van der Waals surface area contributed by atoms with Gasteiger partial charge in [-0.05, 0) is 24.3 Å². The Morgan fingerprint density at radius 3 is 2.82 bits per heavy atom. The molecule has 0 radical (unpaired) electrons. The van der Waals surface area contributed by atoms with Gasteiger partial charge in [-0.3, -0.25) is 0 Å². The lowest BCUT2D eigenvalue weighted by Gasteiger charge is -2.20. The van der Waals surface area contributed by atoms with E-state index in [-0.39, 0.29) is 6.42 Å². The number of aromatic nitrogens is 1. The highest BCUT2D eigenvalue weighted by molar-refractivity contribution is 7.80. The molecule has 1 aromatic heterocycles. The number of para-hydroxylation sites is 1. The lowest BCUT2D eigenvalue weighted by molar-refractivity contribution is -0.143. The average molecular weight is 268 g/mol. The number of rotatable bonds is 4. The molecule has 0 aliphatic rings. The standard InChI is InChI=1S/C11H12N2O2S2/c12-11(5-6-16,10(14)15)9-13-7-3-1-2-4-8(7)17-9/h1-4,16H,5-6,12H2,(H,14,15). The van der Waals surface area contributed by atoms with Crippen LogP contribution in [0.3, 0.4) is 0 Å². The van der Waals surface area contributed by atoms with Gasteiger partial charge < -0.3 is 10.8 Å². The van der Waals surface area contributed by atoms with E-state index in [1.165, 1.54) is 11.3 Å². The number of thiol groups is 1. The first-order valence-electron chi connectivity index (χ1n) is 5.07. The topological polar surface area (TPSA) is 76.2 Å². The van der Waals surface area contributed by atoms with E-state index >= 15 is 0 Å². The number of fused-ring (bicyclic) bond motifs is 1. The predicted octanol–water partition coefficient (Wildman–Crippen LogP) is 1.85. The normalized spacial score (nSPS) is 14.7. The third kappa shape index (κ3) is 2.15. The van der Waals surface area contributed by atoms with Gasteiger partial charge >= 0.3 is 5.97 Å². The first-order chi connectivity index (χ1) is 8.08. The zero-order valence-corrected chi connectivity index (χ0v) is 10.7. The van der Waals surface area contributed by atoms with Crippen molar-refractivity contribution >= 4 is 40.2 Å². The van der Waals surface area contributed by atoms with Crippen LogP contribution >= 0.6 is 24.0 Å². The highest BCUT2D eigenvalue weighted by atomic mass is 32.1. The van der Waals surface area contributed by atoms with Crippen LogP contribution in [0.25, 0.3) is 10.2 Å². The fourth-order valence-corrected chi connectivity index (χ4v) is 2.99. The van der Waals surface area contributed by atoms with Gasteiger partial charge in [0.1, 0.15) is 5.01 Å². The summed E-state index contributed by atoms with van der Waals surface area (Å²) in [5.74, 6) is -0.663. The number of thiazole rings is 1. The molecule has 0 aliphatic carbocycles. The molecule has 1 unspecified atom stereocenters. The van der Waals surface area contributed by atoms with Crippen LogP contribution in [-0.2, 0) is 10.3 Å². The van der Waals surface area contributed by atoms with E-state index in [1.807, 2.05) is 24.3 Å². The summed E-state index contributed by atoms with van der Waals surface area (Å²) in [4.78, 5) is 15.6. The van der Waals surface area contributed by atoms with Crippen LogP contribution in [0.4, 0.5) is 0 Å². The van der Waals surface area contributed by atoms with Gasteiger partial charge in [-0.2, -0.15) is 12.6 Å². The first kappa shape index (κ1) is 12.3. The van der Waals surface area contributed by atoms with Crippen molar-refractivity contribution in [1.82, 2.24) is 4.98 Å². The van der Waals surface area contributed by atoms with Crippen LogP contribution in [0.2, 0.25) is 0 Å². The van der Waals surface area contributed by atoms with E-state index < -0.39 is 11.5 Å². The molecule has 1 aromatic carbocycles. The van der Waals surface area contributed by atoms with Gasteiger partial charge in [0.15, 0.2) is 5.54 Å². The molecule has 6 heteroatoms. The smallest absolute Gasteiger partial charge is 0.330 e. The molecule has 0 saturated heterocycles. The number of benzene rings is 1. The van der Waals surface area contributed by atoms with Gasteiger partial charge in [0.05, 0.1) is 10.2 Å². The fraction of sp³-hybridized carbons (Fsp3) is 0.273. The second kappa shape index (κ2) is 4.64. The lowest BCUT2D eigenvalue weighted by Crippen LogP contribution is -2.45. The Labute approximate surface area is 108 Å². The summed E-state index contributed by atoms with van der Waals surface area (Å²) in [6.45, 7) is 0. The van der Waals surface area contributed by atoms with E-state index in [4.69, 9.17) is 5.73 Å². The zero-order chi connectivity index (χ0) is 12.5. The molecular formula is C11H12N2O2S2. The summed E-state index contributed by atoms with van der Waals surface area (Å²) in [6.07, 6.45) is 0.255. The summed E-state index contributed by atoms with van der Waals surface area (Å²) >= 11 is 5.38. The minimum Gasteiger partial charge on any atom is -0.480 e. The molecule has 1 heterocycles. The van der Waals surface area contributed by atoms with Crippen molar-refractivity contribution in [2.75, 3.05) is 5.75 Å². The van der Waals surface area contributed by atoms with Crippen molar-refractivity contribution in [3.8, 4) is 0 Å². The third-order valence-corrected chi connectivity index (χ3v) is 4.00. The number of carboxylic acid groups (broad SMARTS) is 1. The number of aliphatic carboxylic acids is 1. The molecule has 17 heavy (non-hydrogen) atoms. The number of nitrogens with zero attached hydrogens (tertiary/aromatic N) is 1. The maximum absolute atomic E-state index is 11.3. The lowest BCUT2D eigenvalue weighted by atomic mass is 9.99. The van der Waals surface area contributed by atoms with Crippen LogP contribution in [0.1, 0.15) is 11.4 Å². The Kier molecular flexibility index (Phi) is 3.37.